The molecule has 132 valence electrons. The number of aromatic amines is 1. The molecule has 0 spiro atoms. The molecule has 1 aliphatic rings. The van der Waals surface area contributed by atoms with E-state index in [1.807, 2.05) is 6.92 Å². The zero-order chi connectivity index (χ0) is 17.3. The monoisotopic (exact) mass is 349 g/mol. The molecule has 0 saturated heterocycles. The van der Waals surface area contributed by atoms with Crippen LogP contribution in [0.4, 0.5) is 0 Å². The average molecular weight is 350 g/mol. The van der Waals surface area contributed by atoms with Crippen LogP contribution in [0.5, 0.6) is 0 Å². The van der Waals surface area contributed by atoms with Gasteiger partial charge in [0.05, 0.1) is 18.0 Å². The average Bonchev–Trinajstić information content (AvgIpc) is 2.91. The van der Waals surface area contributed by atoms with Crippen LogP contribution in [0.3, 0.4) is 0 Å². The van der Waals surface area contributed by atoms with Gasteiger partial charge in [-0.15, -0.1) is 11.3 Å². The third-order valence-corrected chi connectivity index (χ3v) is 6.17. The number of nitrogens with one attached hydrogen (secondary N) is 1. The minimum absolute atomic E-state index is 0.00523. The van der Waals surface area contributed by atoms with Crippen LogP contribution in [-0.4, -0.2) is 39.7 Å². The second-order valence-corrected chi connectivity index (χ2v) is 8.00. The molecule has 0 saturated carbocycles. The molecular weight excluding hydrogens is 322 g/mol. The number of fused-ring (bicyclic) bond motifs is 3. The summed E-state index contributed by atoms with van der Waals surface area (Å²) in [5, 5.41) is 10.1. The summed E-state index contributed by atoms with van der Waals surface area (Å²) in [7, 11) is 0. The molecule has 0 fully saturated rings. The van der Waals surface area contributed by atoms with Gasteiger partial charge in [0.1, 0.15) is 10.7 Å². The Bertz CT molecular complexity index is 761. The van der Waals surface area contributed by atoms with Crippen LogP contribution < -0.4 is 5.56 Å². The Kier molecular flexibility index (Phi) is 5.37. The van der Waals surface area contributed by atoms with Crippen LogP contribution >= 0.6 is 11.3 Å². The number of nitrogens with zero attached hydrogens (tertiary/aromatic N) is 2. The summed E-state index contributed by atoms with van der Waals surface area (Å²) in [6.45, 7) is 8.02. The van der Waals surface area contributed by atoms with E-state index < -0.39 is 0 Å². The Balaban J connectivity index is 2.00. The summed E-state index contributed by atoms with van der Waals surface area (Å²) in [6.07, 6.45) is 4.20. The molecular formula is C18H27N3O2S. The van der Waals surface area contributed by atoms with Gasteiger partial charge in [0.25, 0.3) is 5.56 Å². The number of hydrogen-bond donors (Lipinski definition) is 2. The third-order valence-electron chi connectivity index (χ3n) is 5.03. The van der Waals surface area contributed by atoms with Gasteiger partial charge in [-0.2, -0.15) is 0 Å². The highest BCUT2D eigenvalue weighted by molar-refractivity contribution is 7.18. The molecule has 3 rings (SSSR count). The van der Waals surface area contributed by atoms with E-state index in [4.69, 9.17) is 4.98 Å². The van der Waals surface area contributed by atoms with Gasteiger partial charge < -0.3 is 10.1 Å². The van der Waals surface area contributed by atoms with Crippen molar-refractivity contribution in [2.75, 3.05) is 19.7 Å². The van der Waals surface area contributed by atoms with Gasteiger partial charge in [0.15, 0.2) is 0 Å². The molecule has 2 aromatic rings. The van der Waals surface area contributed by atoms with Crippen molar-refractivity contribution < 1.29 is 5.11 Å². The van der Waals surface area contributed by atoms with E-state index in [2.05, 4.69) is 23.7 Å². The number of thiophene rings is 1. The molecule has 6 heteroatoms. The third kappa shape index (κ3) is 3.27. The van der Waals surface area contributed by atoms with Crippen LogP contribution in [-0.2, 0) is 12.8 Å². The maximum absolute atomic E-state index is 12.7. The quantitative estimate of drug-likeness (QED) is 0.841. The van der Waals surface area contributed by atoms with Gasteiger partial charge >= 0.3 is 0 Å². The molecule has 2 N–H and O–H groups in total. The molecule has 0 aliphatic heterocycles. The van der Waals surface area contributed by atoms with Crippen molar-refractivity contribution >= 4 is 21.6 Å². The molecule has 0 bridgehead atoms. The van der Waals surface area contributed by atoms with Crippen LogP contribution in [0.25, 0.3) is 10.2 Å². The van der Waals surface area contributed by atoms with E-state index in [9.17, 15) is 9.90 Å². The summed E-state index contributed by atoms with van der Waals surface area (Å²) in [6, 6.07) is -0.00717. The first-order chi connectivity index (χ1) is 11.5. The summed E-state index contributed by atoms with van der Waals surface area (Å²) in [5.41, 5.74) is 1.22. The molecule has 2 heterocycles. The predicted molar refractivity (Wildman–Crippen MR) is 98.8 cm³/mol. The van der Waals surface area contributed by atoms with E-state index in [0.29, 0.717) is 18.3 Å². The second kappa shape index (κ2) is 7.33. The highest BCUT2D eigenvalue weighted by Crippen LogP contribution is 2.36. The summed E-state index contributed by atoms with van der Waals surface area (Å²) < 4.78 is 0. The topological polar surface area (TPSA) is 69.2 Å². The molecule has 24 heavy (non-hydrogen) atoms. The lowest BCUT2D eigenvalue weighted by Gasteiger charge is -2.27. The molecule has 5 nitrogen and oxygen atoms in total. The number of aliphatic hydroxyl groups excluding tert-OH is 1. The maximum Gasteiger partial charge on any atom is 0.259 e. The number of aryl methyl sites for hydroxylation is 1. The fraction of sp³-hybridized carbons (Fsp3) is 0.667. The Morgan fingerprint density at radius 1 is 1.46 bits per heavy atom. The largest absolute Gasteiger partial charge is 0.395 e. The van der Waals surface area contributed by atoms with Gasteiger partial charge in [-0.25, -0.2) is 4.98 Å². The fourth-order valence-electron chi connectivity index (χ4n) is 3.65. The molecule has 2 atom stereocenters. The lowest BCUT2D eigenvalue weighted by atomic mass is 9.89. The first-order valence-electron chi connectivity index (χ1n) is 8.94. The standard InChI is InChI=1S/C18H27N3O2S/c1-4-7-21(8-9-22)12(3)16-19-17(23)15-13-6-5-11(2)10-14(13)24-18(15)20-16/h11-12,22H,4-10H2,1-3H3,(H,19,20,23). The number of rotatable bonds is 6. The molecule has 2 aromatic heterocycles. The first kappa shape index (κ1) is 17.6. The molecule has 0 aromatic carbocycles. The van der Waals surface area contributed by atoms with Gasteiger partial charge in [-0.3, -0.25) is 9.69 Å². The van der Waals surface area contributed by atoms with E-state index in [1.165, 1.54) is 10.4 Å². The lowest BCUT2D eigenvalue weighted by Crippen LogP contribution is -2.32. The van der Waals surface area contributed by atoms with Crippen LogP contribution in [0.2, 0.25) is 0 Å². The van der Waals surface area contributed by atoms with Crippen molar-refractivity contribution in [2.45, 2.75) is 52.5 Å². The van der Waals surface area contributed by atoms with Crippen molar-refractivity contribution in [2.24, 2.45) is 5.92 Å². The number of hydrogen-bond acceptors (Lipinski definition) is 5. The van der Waals surface area contributed by atoms with E-state index in [1.54, 1.807) is 11.3 Å². The summed E-state index contributed by atoms with van der Waals surface area (Å²) >= 11 is 1.69. The molecule has 0 radical (unpaired) electrons. The number of aromatic nitrogens is 2. The van der Waals surface area contributed by atoms with Gasteiger partial charge in [0, 0.05) is 11.4 Å². The van der Waals surface area contributed by atoms with E-state index in [-0.39, 0.29) is 18.2 Å². The number of H-pyrrole nitrogens is 1. The van der Waals surface area contributed by atoms with Gasteiger partial charge in [0.2, 0.25) is 0 Å². The molecule has 0 amide bonds. The van der Waals surface area contributed by atoms with Gasteiger partial charge in [-0.1, -0.05) is 13.8 Å². The summed E-state index contributed by atoms with van der Waals surface area (Å²) in [4.78, 5) is 24.9. The molecule has 2 unspecified atom stereocenters. The lowest BCUT2D eigenvalue weighted by molar-refractivity contribution is 0.154. The smallest absolute Gasteiger partial charge is 0.259 e. The minimum Gasteiger partial charge on any atom is -0.395 e. The van der Waals surface area contributed by atoms with Crippen LogP contribution in [0.1, 0.15) is 55.9 Å². The fourth-order valence-corrected chi connectivity index (χ4v) is 5.04. The van der Waals surface area contributed by atoms with Crippen molar-refractivity contribution in [3.8, 4) is 0 Å². The Morgan fingerprint density at radius 2 is 2.25 bits per heavy atom. The molecule has 1 aliphatic carbocycles. The minimum atomic E-state index is -0.00717. The van der Waals surface area contributed by atoms with Crippen LogP contribution in [0.15, 0.2) is 4.79 Å². The van der Waals surface area contributed by atoms with Crippen molar-refractivity contribution in [3.63, 3.8) is 0 Å². The first-order valence-corrected chi connectivity index (χ1v) is 9.76. The SMILES string of the molecule is CCCN(CCO)C(C)c1nc2sc3c(c2c(=O)[nH]1)CCC(C)C3. The highest BCUT2D eigenvalue weighted by Gasteiger charge is 2.24. The predicted octanol–water partition coefficient (Wildman–Crippen LogP) is 2.87. The zero-order valence-corrected chi connectivity index (χ0v) is 15.6. The zero-order valence-electron chi connectivity index (χ0n) is 14.8. The van der Waals surface area contributed by atoms with Crippen LogP contribution in [0, 0.1) is 5.92 Å². The van der Waals surface area contributed by atoms with Crippen molar-refractivity contribution in [1.29, 1.82) is 0 Å². The Labute approximate surface area is 146 Å². The van der Waals surface area contributed by atoms with Crippen molar-refractivity contribution in [1.82, 2.24) is 14.9 Å². The normalized spacial score (nSPS) is 19.0. The second-order valence-electron chi connectivity index (χ2n) is 6.92. The van der Waals surface area contributed by atoms with Crippen molar-refractivity contribution in [3.05, 3.63) is 26.6 Å². The van der Waals surface area contributed by atoms with E-state index >= 15 is 0 Å². The number of aliphatic hydroxyl groups is 1. The highest BCUT2D eigenvalue weighted by atomic mass is 32.1. The Hall–Kier alpha value is -1.24. The van der Waals surface area contributed by atoms with Gasteiger partial charge in [-0.05, 0) is 50.6 Å². The Morgan fingerprint density at radius 3 is 2.96 bits per heavy atom. The van der Waals surface area contributed by atoms with E-state index in [0.717, 1.165) is 42.4 Å². The maximum atomic E-state index is 12.7. The summed E-state index contributed by atoms with van der Waals surface area (Å²) in [5.74, 6) is 1.40.